The minimum absolute atomic E-state index is 0.0351. The molecule has 1 unspecified atom stereocenters. The highest BCUT2D eigenvalue weighted by Crippen LogP contribution is 2.38. The summed E-state index contributed by atoms with van der Waals surface area (Å²) in [5.74, 6) is 0. The van der Waals surface area contributed by atoms with Crippen molar-refractivity contribution in [2.24, 2.45) is 0 Å². The van der Waals surface area contributed by atoms with Crippen molar-refractivity contribution in [1.82, 2.24) is 0 Å². The van der Waals surface area contributed by atoms with Crippen molar-refractivity contribution in [2.75, 3.05) is 4.43 Å². The number of halogens is 1. The molecule has 0 fully saturated rings. The molecule has 0 aliphatic heterocycles. The van der Waals surface area contributed by atoms with Crippen LogP contribution >= 0.6 is 22.6 Å². The molecule has 1 nitrogen and oxygen atoms in total. The van der Waals surface area contributed by atoms with Gasteiger partial charge < -0.3 is 4.43 Å². The average Bonchev–Trinajstić information content (AvgIpc) is 2.82. The van der Waals surface area contributed by atoms with Gasteiger partial charge in [-0.05, 0) is 41.1 Å². The lowest BCUT2D eigenvalue weighted by atomic mass is 10.1. The van der Waals surface area contributed by atoms with E-state index in [2.05, 4.69) is 123 Å². The molecule has 3 heteroatoms. The van der Waals surface area contributed by atoms with Crippen LogP contribution in [0.2, 0.25) is 5.04 Å². The predicted octanol–water partition coefficient (Wildman–Crippen LogP) is 8.45. The molecule has 2 aromatic carbocycles. The standard InChI is InChI=1S/C30H45IOSi/c1-5-6-7-8-9-10-11-12-13-16-21-27(26-31)32-33(30(2,3)4,28-22-17-14-18-23-28)29-24-19-15-20-25-29/h12-15,17-20,22-25,27H,5-11,16,21,26H2,1-4H3/b13-12-. The van der Waals surface area contributed by atoms with Crippen molar-refractivity contribution in [3.05, 3.63) is 72.8 Å². The molecule has 0 saturated carbocycles. The monoisotopic (exact) mass is 576 g/mol. The average molecular weight is 577 g/mol. The Bertz CT molecular complexity index is 742. The molecule has 0 amide bonds. The maximum absolute atomic E-state index is 7.30. The highest BCUT2D eigenvalue weighted by atomic mass is 127. The number of allylic oxidation sites excluding steroid dienone is 2. The van der Waals surface area contributed by atoms with Crippen molar-refractivity contribution < 1.29 is 4.43 Å². The molecule has 0 spiro atoms. The predicted molar refractivity (Wildman–Crippen MR) is 158 cm³/mol. The minimum Gasteiger partial charge on any atom is -0.404 e. The fourth-order valence-corrected chi connectivity index (χ4v) is 10.3. The first-order chi connectivity index (χ1) is 16.0. The molecule has 0 aromatic heterocycles. The first kappa shape index (κ1) is 28.3. The van der Waals surface area contributed by atoms with Crippen LogP contribution in [0.1, 0.15) is 85.5 Å². The molecule has 0 aliphatic rings. The lowest BCUT2D eigenvalue weighted by molar-refractivity contribution is 0.204. The van der Waals surface area contributed by atoms with Crippen molar-refractivity contribution in [1.29, 1.82) is 0 Å². The zero-order valence-corrected chi connectivity index (χ0v) is 24.5. The second-order valence-corrected chi connectivity index (χ2v) is 15.3. The maximum atomic E-state index is 7.30. The first-order valence-corrected chi connectivity index (χ1v) is 16.4. The Hall–Kier alpha value is -0.913. The smallest absolute Gasteiger partial charge is 0.261 e. The number of rotatable bonds is 15. The van der Waals surface area contributed by atoms with Crippen molar-refractivity contribution in [3.63, 3.8) is 0 Å². The van der Waals surface area contributed by atoms with E-state index in [1.165, 1.54) is 55.3 Å². The second-order valence-electron chi connectivity index (χ2n) is 10.2. The van der Waals surface area contributed by atoms with Gasteiger partial charge in [0, 0.05) is 4.43 Å². The zero-order valence-electron chi connectivity index (χ0n) is 21.4. The first-order valence-electron chi connectivity index (χ1n) is 13.0. The van der Waals surface area contributed by atoms with Gasteiger partial charge in [-0.3, -0.25) is 0 Å². The SMILES string of the molecule is CCCCCCCC/C=C\CCC(CI)O[Si](c1ccccc1)(c1ccccc1)C(C)(C)C. The molecule has 0 saturated heterocycles. The highest BCUT2D eigenvalue weighted by molar-refractivity contribution is 14.1. The molecular weight excluding hydrogens is 531 g/mol. The molecule has 33 heavy (non-hydrogen) atoms. The Morgan fingerprint density at radius 3 is 1.82 bits per heavy atom. The Balaban J connectivity index is 2.08. The molecule has 0 radical (unpaired) electrons. The van der Waals surface area contributed by atoms with Crippen LogP contribution < -0.4 is 10.4 Å². The molecule has 182 valence electrons. The van der Waals surface area contributed by atoms with E-state index in [1.54, 1.807) is 0 Å². The maximum Gasteiger partial charge on any atom is 0.261 e. The molecular formula is C30H45IOSi. The van der Waals surface area contributed by atoms with E-state index in [9.17, 15) is 0 Å². The number of benzene rings is 2. The molecule has 0 N–H and O–H groups in total. The summed E-state index contributed by atoms with van der Waals surface area (Å²) in [4.78, 5) is 0. The van der Waals surface area contributed by atoms with Gasteiger partial charge in [0.05, 0.1) is 6.10 Å². The fourth-order valence-electron chi connectivity index (χ4n) is 4.67. The third kappa shape index (κ3) is 8.67. The Morgan fingerprint density at radius 1 is 0.788 bits per heavy atom. The molecule has 0 bridgehead atoms. The minimum atomic E-state index is -2.46. The van der Waals surface area contributed by atoms with Crippen LogP contribution in [0.4, 0.5) is 0 Å². The summed E-state index contributed by atoms with van der Waals surface area (Å²) >= 11 is 2.52. The Morgan fingerprint density at radius 2 is 1.30 bits per heavy atom. The quantitative estimate of drug-likeness (QED) is 0.0680. The lowest BCUT2D eigenvalue weighted by Crippen LogP contribution is -2.67. The van der Waals surface area contributed by atoms with E-state index in [0.29, 0.717) is 0 Å². The number of hydrogen-bond acceptors (Lipinski definition) is 1. The summed E-state index contributed by atoms with van der Waals surface area (Å²) < 4.78 is 8.33. The summed E-state index contributed by atoms with van der Waals surface area (Å²) in [6, 6.07) is 22.0. The van der Waals surface area contributed by atoms with E-state index in [4.69, 9.17) is 4.43 Å². The molecule has 1 atom stereocenters. The summed E-state index contributed by atoms with van der Waals surface area (Å²) in [7, 11) is -2.46. The van der Waals surface area contributed by atoms with Crippen LogP contribution in [0.25, 0.3) is 0 Å². The van der Waals surface area contributed by atoms with Gasteiger partial charge in [-0.25, -0.2) is 0 Å². The van der Waals surface area contributed by atoms with Gasteiger partial charge in [0.2, 0.25) is 0 Å². The van der Waals surface area contributed by atoms with E-state index < -0.39 is 8.32 Å². The van der Waals surface area contributed by atoms with Crippen LogP contribution in [-0.2, 0) is 4.43 Å². The molecule has 0 aliphatic carbocycles. The number of alkyl halides is 1. The topological polar surface area (TPSA) is 9.23 Å². The van der Waals surface area contributed by atoms with Crippen LogP contribution in [0.15, 0.2) is 72.8 Å². The van der Waals surface area contributed by atoms with Gasteiger partial charge in [-0.2, -0.15) is 0 Å². The van der Waals surface area contributed by atoms with Crippen LogP contribution in [0.3, 0.4) is 0 Å². The van der Waals surface area contributed by atoms with Gasteiger partial charge in [0.25, 0.3) is 8.32 Å². The van der Waals surface area contributed by atoms with Crippen molar-refractivity contribution >= 4 is 41.3 Å². The van der Waals surface area contributed by atoms with Crippen LogP contribution in [-0.4, -0.2) is 18.8 Å². The number of unbranched alkanes of at least 4 members (excludes halogenated alkanes) is 6. The van der Waals surface area contributed by atoms with E-state index in [1.807, 2.05) is 0 Å². The zero-order chi connectivity index (χ0) is 24.0. The molecule has 2 rings (SSSR count). The van der Waals surface area contributed by atoms with Gasteiger partial charge in [-0.15, -0.1) is 0 Å². The third-order valence-corrected chi connectivity index (χ3v) is 12.6. The van der Waals surface area contributed by atoms with Gasteiger partial charge >= 0.3 is 0 Å². The van der Waals surface area contributed by atoms with E-state index in [-0.39, 0.29) is 11.1 Å². The number of hydrogen-bond donors (Lipinski definition) is 0. The third-order valence-electron chi connectivity index (χ3n) is 6.48. The van der Waals surface area contributed by atoms with Crippen molar-refractivity contribution in [3.8, 4) is 0 Å². The Kier molecular flexibility index (Phi) is 13.0. The summed E-state index contributed by atoms with van der Waals surface area (Å²) in [6.45, 7) is 9.38. The Labute approximate surface area is 218 Å². The van der Waals surface area contributed by atoms with Gasteiger partial charge in [0.1, 0.15) is 0 Å². The highest BCUT2D eigenvalue weighted by Gasteiger charge is 2.51. The fraction of sp³-hybridized carbons (Fsp3) is 0.533. The summed E-state index contributed by atoms with van der Waals surface area (Å²) in [5.41, 5.74) is 0. The van der Waals surface area contributed by atoms with Crippen molar-refractivity contribution in [2.45, 2.75) is 96.6 Å². The van der Waals surface area contributed by atoms with E-state index >= 15 is 0 Å². The summed E-state index contributed by atoms with van der Waals surface area (Å²) in [6.07, 6.45) is 16.7. The van der Waals surface area contributed by atoms with Crippen LogP contribution in [0.5, 0.6) is 0 Å². The van der Waals surface area contributed by atoms with Gasteiger partial charge in [0.15, 0.2) is 0 Å². The van der Waals surface area contributed by atoms with Gasteiger partial charge in [-0.1, -0.05) is 155 Å². The van der Waals surface area contributed by atoms with E-state index in [0.717, 1.165) is 17.3 Å². The normalized spacial score (nSPS) is 13.5. The second kappa shape index (κ2) is 15.2. The lowest BCUT2D eigenvalue weighted by Gasteiger charge is -2.45. The molecule has 0 heterocycles. The summed E-state index contributed by atoms with van der Waals surface area (Å²) in [5, 5.41) is 2.78. The molecule has 2 aromatic rings. The largest absolute Gasteiger partial charge is 0.404 e. The van der Waals surface area contributed by atoms with Crippen LogP contribution in [0, 0.1) is 0 Å².